The van der Waals surface area contributed by atoms with E-state index in [1.54, 1.807) is 24.0 Å². The molecule has 0 saturated heterocycles. The SMILES string of the molecule is COc1ccc(N(CCCC(=O)N(Cc2ccccc2)C(C)C(=O)NCC(C)C)S(C)(=O)=O)cc1Cl. The minimum absolute atomic E-state index is 0.0739. The van der Waals surface area contributed by atoms with E-state index in [1.807, 2.05) is 44.2 Å². The number of sulfonamides is 1. The quantitative estimate of drug-likeness (QED) is 0.415. The van der Waals surface area contributed by atoms with Crippen molar-refractivity contribution in [1.82, 2.24) is 10.2 Å². The van der Waals surface area contributed by atoms with Gasteiger partial charge in [0.1, 0.15) is 11.8 Å². The number of hydrogen-bond donors (Lipinski definition) is 1. The van der Waals surface area contributed by atoms with E-state index in [4.69, 9.17) is 16.3 Å². The maximum atomic E-state index is 13.3. The molecule has 0 fully saturated rings. The van der Waals surface area contributed by atoms with E-state index in [0.717, 1.165) is 11.8 Å². The Balaban J connectivity index is 2.15. The molecule has 0 heterocycles. The lowest BCUT2D eigenvalue weighted by Gasteiger charge is -2.29. The molecule has 0 saturated carbocycles. The first kappa shape index (κ1) is 29.5. The standard InChI is InChI=1S/C26H36ClN3O5S/c1-19(2)17-28-26(32)20(3)29(18-21-10-7-6-8-11-21)25(31)12-9-15-30(36(5,33)34)22-13-14-24(35-4)23(27)16-22/h6-8,10-11,13-14,16,19-20H,9,12,15,17-18H2,1-5H3,(H,28,32). The van der Waals surface area contributed by atoms with Gasteiger partial charge < -0.3 is 15.0 Å². The lowest BCUT2D eigenvalue weighted by atomic mass is 10.1. The van der Waals surface area contributed by atoms with E-state index in [1.165, 1.54) is 17.5 Å². The second-order valence-electron chi connectivity index (χ2n) is 9.08. The number of rotatable bonds is 13. The number of ether oxygens (including phenoxy) is 1. The van der Waals surface area contributed by atoms with Crippen molar-refractivity contribution in [1.29, 1.82) is 0 Å². The lowest BCUT2D eigenvalue weighted by molar-refractivity contribution is -0.140. The molecule has 0 aliphatic rings. The summed E-state index contributed by atoms with van der Waals surface area (Å²) in [6, 6.07) is 13.5. The maximum absolute atomic E-state index is 13.3. The predicted octanol–water partition coefficient (Wildman–Crippen LogP) is 4.08. The Labute approximate surface area is 219 Å². The van der Waals surface area contributed by atoms with Gasteiger partial charge in [-0.1, -0.05) is 55.8 Å². The number of hydrogen-bond acceptors (Lipinski definition) is 5. The summed E-state index contributed by atoms with van der Waals surface area (Å²) in [7, 11) is -2.14. The van der Waals surface area contributed by atoms with E-state index in [2.05, 4.69) is 5.32 Å². The molecule has 2 aromatic carbocycles. The number of anilines is 1. The first-order valence-corrected chi connectivity index (χ1v) is 14.1. The highest BCUT2D eigenvalue weighted by Crippen LogP contribution is 2.30. The Hall–Kier alpha value is -2.78. The van der Waals surface area contributed by atoms with Gasteiger partial charge in [-0.3, -0.25) is 13.9 Å². The van der Waals surface area contributed by atoms with Crippen molar-refractivity contribution in [2.45, 2.75) is 46.2 Å². The van der Waals surface area contributed by atoms with Crippen LogP contribution in [-0.2, 0) is 26.2 Å². The Morgan fingerprint density at radius 1 is 1.08 bits per heavy atom. The molecule has 2 aromatic rings. The molecule has 10 heteroatoms. The maximum Gasteiger partial charge on any atom is 0.242 e. The van der Waals surface area contributed by atoms with Gasteiger partial charge in [0, 0.05) is 26.1 Å². The fourth-order valence-corrected chi connectivity index (χ4v) is 4.84. The molecule has 1 unspecified atom stereocenters. The van der Waals surface area contributed by atoms with Gasteiger partial charge in [-0.15, -0.1) is 0 Å². The van der Waals surface area contributed by atoms with Gasteiger partial charge in [0.15, 0.2) is 0 Å². The zero-order valence-electron chi connectivity index (χ0n) is 21.5. The topological polar surface area (TPSA) is 96.0 Å². The Morgan fingerprint density at radius 3 is 2.31 bits per heavy atom. The number of nitrogens with zero attached hydrogens (tertiary/aromatic N) is 2. The smallest absolute Gasteiger partial charge is 0.242 e. The van der Waals surface area contributed by atoms with Crippen LogP contribution in [0.3, 0.4) is 0 Å². The predicted molar refractivity (Wildman–Crippen MR) is 144 cm³/mol. The van der Waals surface area contributed by atoms with Crippen molar-refractivity contribution in [2.24, 2.45) is 5.92 Å². The van der Waals surface area contributed by atoms with Gasteiger partial charge >= 0.3 is 0 Å². The number of carbonyl (C=O) groups is 2. The van der Waals surface area contributed by atoms with Crippen LogP contribution in [0.25, 0.3) is 0 Å². The molecule has 0 aliphatic carbocycles. The number of halogens is 1. The van der Waals surface area contributed by atoms with E-state index < -0.39 is 16.1 Å². The molecule has 8 nitrogen and oxygen atoms in total. The third-order valence-electron chi connectivity index (χ3n) is 5.62. The number of benzene rings is 2. The van der Waals surface area contributed by atoms with Crippen molar-refractivity contribution in [3.8, 4) is 5.75 Å². The molecule has 0 bridgehead atoms. The Morgan fingerprint density at radius 2 is 1.75 bits per heavy atom. The van der Waals surface area contributed by atoms with Crippen LogP contribution in [0, 0.1) is 5.92 Å². The average Bonchev–Trinajstić information content (AvgIpc) is 2.82. The minimum Gasteiger partial charge on any atom is -0.495 e. The second-order valence-corrected chi connectivity index (χ2v) is 11.4. The van der Waals surface area contributed by atoms with Crippen LogP contribution in [-0.4, -0.2) is 57.6 Å². The molecule has 1 atom stereocenters. The Bertz CT molecular complexity index is 1130. The minimum atomic E-state index is -3.62. The number of nitrogens with one attached hydrogen (secondary N) is 1. The molecular formula is C26H36ClN3O5S. The van der Waals surface area contributed by atoms with Crippen LogP contribution in [0.4, 0.5) is 5.69 Å². The van der Waals surface area contributed by atoms with E-state index in [-0.39, 0.29) is 48.7 Å². The summed E-state index contributed by atoms with van der Waals surface area (Å²) in [5.41, 5.74) is 1.29. The molecule has 2 amide bonds. The van der Waals surface area contributed by atoms with Gasteiger partial charge in [0.25, 0.3) is 0 Å². The summed E-state index contributed by atoms with van der Waals surface area (Å²) in [4.78, 5) is 27.6. The normalized spacial score (nSPS) is 12.2. The van der Waals surface area contributed by atoms with Crippen molar-refractivity contribution in [3.05, 3.63) is 59.1 Å². The van der Waals surface area contributed by atoms with Crippen LogP contribution >= 0.6 is 11.6 Å². The summed E-state index contributed by atoms with van der Waals surface area (Å²) in [5.74, 6) is 0.268. The molecule has 0 radical (unpaired) electrons. The fraction of sp³-hybridized carbons (Fsp3) is 0.462. The average molecular weight is 538 g/mol. The van der Waals surface area contributed by atoms with E-state index in [9.17, 15) is 18.0 Å². The molecule has 36 heavy (non-hydrogen) atoms. The highest BCUT2D eigenvalue weighted by atomic mass is 35.5. The largest absolute Gasteiger partial charge is 0.495 e. The summed E-state index contributed by atoms with van der Waals surface area (Å²) in [6.45, 7) is 6.59. The highest BCUT2D eigenvalue weighted by Gasteiger charge is 2.26. The lowest BCUT2D eigenvalue weighted by Crippen LogP contribution is -2.48. The van der Waals surface area contributed by atoms with Gasteiger partial charge in [0.05, 0.1) is 24.1 Å². The number of methoxy groups -OCH3 is 1. The van der Waals surface area contributed by atoms with E-state index >= 15 is 0 Å². The van der Waals surface area contributed by atoms with Gasteiger partial charge in [-0.2, -0.15) is 0 Å². The van der Waals surface area contributed by atoms with Crippen molar-refractivity contribution in [2.75, 3.05) is 30.8 Å². The molecule has 1 N–H and O–H groups in total. The second kappa shape index (κ2) is 13.5. The molecular weight excluding hydrogens is 502 g/mol. The van der Waals surface area contributed by atoms with Crippen LogP contribution in [0.5, 0.6) is 5.75 Å². The molecule has 0 spiro atoms. The zero-order valence-corrected chi connectivity index (χ0v) is 23.1. The van der Waals surface area contributed by atoms with Crippen LogP contribution in [0.1, 0.15) is 39.2 Å². The number of amides is 2. The molecule has 198 valence electrons. The summed E-state index contributed by atoms with van der Waals surface area (Å²) >= 11 is 6.19. The van der Waals surface area contributed by atoms with Gasteiger partial charge in [-0.25, -0.2) is 8.42 Å². The van der Waals surface area contributed by atoms with Gasteiger partial charge in [-0.05, 0) is 43.0 Å². The Kier molecular flexibility index (Phi) is 11.0. The fourth-order valence-electron chi connectivity index (χ4n) is 3.63. The monoisotopic (exact) mass is 537 g/mol. The van der Waals surface area contributed by atoms with Crippen LogP contribution in [0.15, 0.2) is 48.5 Å². The molecule has 2 rings (SSSR count). The third kappa shape index (κ3) is 8.71. The van der Waals surface area contributed by atoms with Crippen LogP contribution < -0.4 is 14.4 Å². The first-order chi connectivity index (χ1) is 16.9. The van der Waals surface area contributed by atoms with Crippen molar-refractivity contribution < 1.29 is 22.7 Å². The molecule has 0 aromatic heterocycles. The van der Waals surface area contributed by atoms with Gasteiger partial charge in [0.2, 0.25) is 21.8 Å². The summed E-state index contributed by atoms with van der Waals surface area (Å²) in [5, 5.41) is 3.18. The third-order valence-corrected chi connectivity index (χ3v) is 7.11. The molecule has 0 aliphatic heterocycles. The zero-order chi connectivity index (χ0) is 26.9. The first-order valence-electron chi connectivity index (χ1n) is 11.9. The van der Waals surface area contributed by atoms with E-state index in [0.29, 0.717) is 18.0 Å². The van der Waals surface area contributed by atoms with Crippen molar-refractivity contribution >= 4 is 39.1 Å². The summed E-state index contributed by atoms with van der Waals surface area (Å²) in [6.07, 6.45) is 1.45. The number of carbonyl (C=O) groups excluding carboxylic acids is 2. The van der Waals surface area contributed by atoms with Crippen LogP contribution in [0.2, 0.25) is 5.02 Å². The highest BCUT2D eigenvalue weighted by molar-refractivity contribution is 7.92. The summed E-state index contributed by atoms with van der Waals surface area (Å²) < 4.78 is 31.3. The van der Waals surface area contributed by atoms with Crippen molar-refractivity contribution in [3.63, 3.8) is 0 Å².